The van der Waals surface area contributed by atoms with Crippen LogP contribution in [0.5, 0.6) is 0 Å². The summed E-state index contributed by atoms with van der Waals surface area (Å²) in [4.78, 5) is 50.7. The number of carboxylic acids is 1. The number of hydrogen-bond donors (Lipinski definition) is 2. The molecule has 0 aromatic heterocycles. The lowest BCUT2D eigenvalue weighted by Gasteiger charge is -2.27. The minimum atomic E-state index is -1.36. The van der Waals surface area contributed by atoms with Gasteiger partial charge in [0.15, 0.2) is 0 Å². The van der Waals surface area contributed by atoms with Crippen molar-refractivity contribution < 1.29 is 24.3 Å². The first kappa shape index (κ1) is 45.6. The number of hydrogen-bond acceptors (Lipinski definition) is 4. The average molecular weight is 675 g/mol. The largest absolute Gasteiger partial charge is 0.480 e. The Bertz CT molecular complexity index is 817. The van der Waals surface area contributed by atoms with Crippen LogP contribution >= 0.6 is 0 Å². The lowest BCUT2D eigenvalue weighted by Crippen LogP contribution is -2.49. The van der Waals surface area contributed by atoms with E-state index in [4.69, 9.17) is 5.73 Å². The molecule has 1 atom stereocenters. The fourth-order valence-corrected chi connectivity index (χ4v) is 6.06. The molecule has 0 aliphatic carbocycles. The Labute approximate surface area is 294 Å². The lowest BCUT2D eigenvalue weighted by atomic mass is 10.0. The number of amides is 3. The average Bonchev–Trinajstić information content (AvgIpc) is 3.06. The number of carbonyl (C=O) groups is 4. The van der Waals surface area contributed by atoms with Crippen LogP contribution in [0.1, 0.15) is 206 Å². The second kappa shape index (κ2) is 34.4. The number of aliphatic carboxylic acids is 1. The normalized spacial score (nSPS) is 12.2. The maximum Gasteiger partial charge on any atom is 0.326 e. The molecule has 0 heterocycles. The zero-order valence-electron chi connectivity index (χ0n) is 31.2. The molecule has 0 bridgehead atoms. The van der Waals surface area contributed by atoms with Crippen molar-refractivity contribution in [2.75, 3.05) is 0 Å². The van der Waals surface area contributed by atoms with Crippen LogP contribution in [0, 0.1) is 0 Å². The van der Waals surface area contributed by atoms with Gasteiger partial charge >= 0.3 is 5.97 Å². The number of nitrogens with two attached hydrogens (primary N) is 1. The number of carboxylic acid groups (broad SMARTS) is 1. The molecule has 0 saturated heterocycles. The summed E-state index contributed by atoms with van der Waals surface area (Å²) in [5.74, 6) is -2.83. The zero-order valence-corrected chi connectivity index (χ0v) is 31.2. The van der Waals surface area contributed by atoms with Crippen molar-refractivity contribution in [3.63, 3.8) is 0 Å². The third-order valence-corrected chi connectivity index (χ3v) is 9.10. The van der Waals surface area contributed by atoms with Crippen LogP contribution in [-0.4, -0.2) is 39.7 Å². The zero-order chi connectivity index (χ0) is 35.5. The van der Waals surface area contributed by atoms with Gasteiger partial charge in [0.1, 0.15) is 6.04 Å². The molecule has 0 aromatic carbocycles. The van der Waals surface area contributed by atoms with E-state index in [9.17, 15) is 24.3 Å². The quantitative estimate of drug-likeness (QED) is 0.0512. The van der Waals surface area contributed by atoms with E-state index < -0.39 is 29.7 Å². The van der Waals surface area contributed by atoms with Crippen LogP contribution in [0.2, 0.25) is 0 Å². The third kappa shape index (κ3) is 28.6. The molecule has 0 rings (SSSR count). The highest BCUT2D eigenvalue weighted by molar-refractivity contribution is 5.99. The molecule has 278 valence electrons. The number of carbonyl (C=O) groups excluding carboxylic acids is 3. The first-order valence-corrected chi connectivity index (χ1v) is 20.0. The van der Waals surface area contributed by atoms with Gasteiger partial charge in [-0.15, -0.1) is 0 Å². The minimum Gasteiger partial charge on any atom is -0.480 e. The first-order chi connectivity index (χ1) is 23.3. The predicted molar refractivity (Wildman–Crippen MR) is 201 cm³/mol. The number of allylic oxidation sites excluding steroid dienone is 4. The van der Waals surface area contributed by atoms with Gasteiger partial charge in [-0.25, -0.2) is 4.79 Å². The SMILES string of the molecule is CCCCCCCC/C=C\CCCCCCCC(=O)N(C(=O)CCCCCCC/C=C\CCCCCCCC)[C@@H](CCC(N)=O)C(=O)O. The van der Waals surface area contributed by atoms with E-state index in [1.807, 2.05) is 0 Å². The van der Waals surface area contributed by atoms with Crippen LogP contribution in [-0.2, 0) is 19.2 Å². The van der Waals surface area contributed by atoms with Crippen molar-refractivity contribution in [2.24, 2.45) is 5.73 Å². The van der Waals surface area contributed by atoms with E-state index >= 15 is 0 Å². The third-order valence-electron chi connectivity index (χ3n) is 9.10. The van der Waals surface area contributed by atoms with E-state index in [0.29, 0.717) is 12.8 Å². The standard InChI is InChI=1S/C41H74N2O5/c1-3-5-7-9-11-13-15-17-19-21-23-25-27-29-31-33-39(45)43(37(41(47)48)35-36-38(42)44)40(46)34-32-30-28-26-24-22-20-18-16-14-12-10-8-6-4-2/h17-20,37H,3-16,21-36H2,1-2H3,(H2,42,44)(H,47,48)/b19-17-,20-18-/t37-/m0/s1. The van der Waals surface area contributed by atoms with Gasteiger partial charge in [-0.2, -0.15) is 0 Å². The van der Waals surface area contributed by atoms with E-state index in [0.717, 1.165) is 81.9 Å². The van der Waals surface area contributed by atoms with Crippen molar-refractivity contribution in [1.82, 2.24) is 4.90 Å². The summed E-state index contributed by atoms with van der Waals surface area (Å²) in [6, 6.07) is -1.36. The number of imide groups is 1. The van der Waals surface area contributed by atoms with Crippen molar-refractivity contribution in [2.45, 2.75) is 213 Å². The van der Waals surface area contributed by atoms with Crippen molar-refractivity contribution in [3.8, 4) is 0 Å². The Balaban J connectivity index is 4.40. The molecule has 48 heavy (non-hydrogen) atoms. The first-order valence-electron chi connectivity index (χ1n) is 20.0. The van der Waals surface area contributed by atoms with Gasteiger partial charge in [0.05, 0.1) is 0 Å². The summed E-state index contributed by atoms with van der Waals surface area (Å²) in [6.07, 6.45) is 38.8. The molecule has 0 fully saturated rings. The van der Waals surface area contributed by atoms with Crippen molar-refractivity contribution in [1.29, 1.82) is 0 Å². The van der Waals surface area contributed by atoms with Gasteiger partial charge in [0.2, 0.25) is 17.7 Å². The molecular weight excluding hydrogens is 600 g/mol. The van der Waals surface area contributed by atoms with Gasteiger partial charge < -0.3 is 10.8 Å². The Morgan fingerprint density at radius 1 is 0.500 bits per heavy atom. The summed E-state index contributed by atoms with van der Waals surface area (Å²) in [6.45, 7) is 4.49. The second-order valence-electron chi connectivity index (χ2n) is 13.7. The van der Waals surface area contributed by atoms with E-state index in [2.05, 4.69) is 38.2 Å². The maximum atomic E-state index is 13.2. The molecule has 0 aliphatic heterocycles. The van der Waals surface area contributed by atoms with Crippen LogP contribution in [0.25, 0.3) is 0 Å². The van der Waals surface area contributed by atoms with Gasteiger partial charge in [0, 0.05) is 19.3 Å². The molecule has 3 amide bonds. The number of primary amides is 1. The molecule has 7 heteroatoms. The fraction of sp³-hybridized carbons (Fsp3) is 0.805. The van der Waals surface area contributed by atoms with Crippen LogP contribution in [0.15, 0.2) is 24.3 Å². The van der Waals surface area contributed by atoms with Crippen LogP contribution < -0.4 is 5.73 Å². The molecule has 0 saturated carbocycles. The number of nitrogens with zero attached hydrogens (tertiary/aromatic N) is 1. The lowest BCUT2D eigenvalue weighted by molar-refractivity contribution is -0.158. The Morgan fingerprint density at radius 2 is 0.812 bits per heavy atom. The highest BCUT2D eigenvalue weighted by Gasteiger charge is 2.34. The van der Waals surface area contributed by atoms with E-state index in [1.54, 1.807) is 0 Å². The Morgan fingerprint density at radius 3 is 1.12 bits per heavy atom. The summed E-state index contributed by atoms with van der Waals surface area (Å²) in [5, 5.41) is 9.85. The summed E-state index contributed by atoms with van der Waals surface area (Å²) in [5.41, 5.74) is 5.26. The van der Waals surface area contributed by atoms with Gasteiger partial charge in [-0.05, 0) is 70.6 Å². The summed E-state index contributed by atoms with van der Waals surface area (Å²) < 4.78 is 0. The Kier molecular flexibility index (Phi) is 32.7. The van der Waals surface area contributed by atoms with Crippen molar-refractivity contribution >= 4 is 23.7 Å². The van der Waals surface area contributed by atoms with E-state index in [-0.39, 0.29) is 25.7 Å². The van der Waals surface area contributed by atoms with Gasteiger partial charge in [-0.3, -0.25) is 19.3 Å². The van der Waals surface area contributed by atoms with Crippen LogP contribution in [0.3, 0.4) is 0 Å². The molecule has 0 aromatic rings. The minimum absolute atomic E-state index is 0.136. The predicted octanol–water partition coefficient (Wildman–Crippen LogP) is 11.1. The van der Waals surface area contributed by atoms with Crippen molar-refractivity contribution in [3.05, 3.63) is 24.3 Å². The van der Waals surface area contributed by atoms with E-state index in [1.165, 1.54) is 77.0 Å². The van der Waals surface area contributed by atoms with Gasteiger partial charge in [-0.1, -0.05) is 141 Å². The Hall–Kier alpha value is -2.44. The second-order valence-corrected chi connectivity index (χ2v) is 13.7. The number of unbranched alkanes of at least 4 members (excludes halogenated alkanes) is 22. The molecular formula is C41H74N2O5. The molecule has 0 radical (unpaired) electrons. The van der Waals surface area contributed by atoms with Crippen LogP contribution in [0.4, 0.5) is 0 Å². The number of rotatable bonds is 35. The van der Waals surface area contributed by atoms with Gasteiger partial charge in [0.25, 0.3) is 0 Å². The molecule has 0 unspecified atom stereocenters. The maximum absolute atomic E-state index is 13.2. The molecule has 7 nitrogen and oxygen atoms in total. The molecule has 3 N–H and O–H groups in total. The molecule has 0 spiro atoms. The highest BCUT2D eigenvalue weighted by atomic mass is 16.4. The summed E-state index contributed by atoms with van der Waals surface area (Å²) in [7, 11) is 0. The monoisotopic (exact) mass is 675 g/mol. The molecule has 0 aliphatic rings. The highest BCUT2D eigenvalue weighted by Crippen LogP contribution is 2.18. The fourth-order valence-electron chi connectivity index (χ4n) is 6.06. The smallest absolute Gasteiger partial charge is 0.326 e. The summed E-state index contributed by atoms with van der Waals surface area (Å²) >= 11 is 0. The topological polar surface area (TPSA) is 118 Å².